The van der Waals surface area contributed by atoms with Crippen molar-refractivity contribution in [1.29, 1.82) is 0 Å². The molecule has 0 spiro atoms. The van der Waals surface area contributed by atoms with E-state index in [0.717, 1.165) is 12.1 Å². The second kappa shape index (κ2) is 7.49. The van der Waals surface area contributed by atoms with Crippen LogP contribution in [0.1, 0.15) is 15.9 Å². The number of benzene rings is 2. The SMILES string of the molecule is COc1ccc(C(=O)C=Cc2ccccc2OC(F)F)cc1F. The van der Waals surface area contributed by atoms with Crippen LogP contribution in [0.3, 0.4) is 0 Å². The maximum Gasteiger partial charge on any atom is 0.387 e. The number of carbonyl (C=O) groups is 1. The Morgan fingerprint density at radius 1 is 1.13 bits per heavy atom. The van der Waals surface area contributed by atoms with Crippen molar-refractivity contribution in [2.24, 2.45) is 0 Å². The Bertz CT molecular complexity index is 727. The van der Waals surface area contributed by atoms with Crippen molar-refractivity contribution >= 4 is 11.9 Å². The first kappa shape index (κ1) is 16.6. The number of halogens is 3. The second-order valence-electron chi connectivity index (χ2n) is 4.46. The molecule has 0 heterocycles. The van der Waals surface area contributed by atoms with Crippen LogP contribution in [-0.4, -0.2) is 19.5 Å². The molecule has 3 nitrogen and oxygen atoms in total. The Morgan fingerprint density at radius 3 is 2.52 bits per heavy atom. The zero-order valence-corrected chi connectivity index (χ0v) is 12.1. The molecule has 0 aliphatic heterocycles. The van der Waals surface area contributed by atoms with Crippen LogP contribution in [0, 0.1) is 5.82 Å². The highest BCUT2D eigenvalue weighted by molar-refractivity contribution is 6.07. The first-order chi connectivity index (χ1) is 11.0. The van der Waals surface area contributed by atoms with E-state index in [-0.39, 0.29) is 17.1 Å². The second-order valence-corrected chi connectivity index (χ2v) is 4.46. The van der Waals surface area contributed by atoms with Crippen LogP contribution < -0.4 is 9.47 Å². The van der Waals surface area contributed by atoms with E-state index in [1.165, 1.54) is 43.5 Å². The van der Waals surface area contributed by atoms with E-state index in [1.807, 2.05) is 0 Å². The summed E-state index contributed by atoms with van der Waals surface area (Å²) in [5, 5.41) is 0. The van der Waals surface area contributed by atoms with E-state index < -0.39 is 18.2 Å². The van der Waals surface area contributed by atoms with Gasteiger partial charge in [-0.25, -0.2) is 4.39 Å². The van der Waals surface area contributed by atoms with E-state index in [1.54, 1.807) is 6.07 Å². The minimum Gasteiger partial charge on any atom is -0.494 e. The molecule has 23 heavy (non-hydrogen) atoms. The average Bonchev–Trinajstić information content (AvgIpc) is 2.53. The fourth-order valence-corrected chi connectivity index (χ4v) is 1.90. The van der Waals surface area contributed by atoms with Gasteiger partial charge in [0.2, 0.25) is 0 Å². The smallest absolute Gasteiger partial charge is 0.387 e. The summed E-state index contributed by atoms with van der Waals surface area (Å²) in [5.74, 6) is -1.15. The first-order valence-corrected chi connectivity index (χ1v) is 6.61. The number of ether oxygens (including phenoxy) is 2. The Kier molecular flexibility index (Phi) is 5.41. The van der Waals surface area contributed by atoms with Gasteiger partial charge < -0.3 is 9.47 Å². The van der Waals surface area contributed by atoms with E-state index in [0.29, 0.717) is 5.56 Å². The molecule has 2 aromatic carbocycles. The molecule has 0 N–H and O–H groups in total. The molecule has 0 saturated carbocycles. The molecular weight excluding hydrogens is 309 g/mol. The largest absolute Gasteiger partial charge is 0.494 e. The standard InChI is InChI=1S/C17H13F3O3/c1-22-16-9-7-12(10-13(16)18)14(21)8-6-11-4-2-3-5-15(11)23-17(19)20/h2-10,17H,1H3. The third kappa shape index (κ3) is 4.35. The van der Waals surface area contributed by atoms with Crippen molar-refractivity contribution < 1.29 is 27.4 Å². The number of para-hydroxylation sites is 1. The number of rotatable bonds is 6. The summed E-state index contributed by atoms with van der Waals surface area (Å²) in [4.78, 5) is 12.0. The minimum absolute atomic E-state index is 0.0289. The van der Waals surface area contributed by atoms with Gasteiger partial charge in [0.05, 0.1) is 7.11 Å². The molecule has 0 saturated heterocycles. The maximum atomic E-state index is 13.6. The number of methoxy groups -OCH3 is 1. The summed E-state index contributed by atoms with van der Waals surface area (Å²) < 4.78 is 47.3. The average molecular weight is 322 g/mol. The molecule has 0 amide bonds. The number of hydrogen-bond donors (Lipinski definition) is 0. The van der Waals surface area contributed by atoms with Crippen molar-refractivity contribution in [1.82, 2.24) is 0 Å². The summed E-state index contributed by atoms with van der Waals surface area (Å²) in [6.07, 6.45) is 2.50. The molecule has 2 rings (SSSR count). The molecule has 0 aliphatic carbocycles. The Labute approximate surface area is 131 Å². The molecule has 0 aromatic heterocycles. The Morgan fingerprint density at radius 2 is 1.87 bits per heavy atom. The van der Waals surface area contributed by atoms with Gasteiger partial charge in [-0.2, -0.15) is 8.78 Å². The van der Waals surface area contributed by atoms with Gasteiger partial charge in [0.25, 0.3) is 0 Å². The van der Waals surface area contributed by atoms with Crippen LogP contribution >= 0.6 is 0 Å². The lowest BCUT2D eigenvalue weighted by Crippen LogP contribution is -2.03. The predicted octanol–water partition coefficient (Wildman–Crippen LogP) is 4.33. The quantitative estimate of drug-likeness (QED) is 0.586. The molecule has 0 bridgehead atoms. The van der Waals surface area contributed by atoms with Gasteiger partial charge >= 0.3 is 6.61 Å². The van der Waals surface area contributed by atoms with Crippen LogP contribution in [0.25, 0.3) is 6.08 Å². The van der Waals surface area contributed by atoms with Gasteiger partial charge in [-0.05, 0) is 36.4 Å². The van der Waals surface area contributed by atoms with Gasteiger partial charge in [0, 0.05) is 11.1 Å². The number of allylic oxidation sites excluding steroid dienone is 1. The number of carbonyl (C=O) groups excluding carboxylic acids is 1. The first-order valence-electron chi connectivity index (χ1n) is 6.61. The Balaban J connectivity index is 2.20. The van der Waals surface area contributed by atoms with Crippen LogP contribution in [0.5, 0.6) is 11.5 Å². The summed E-state index contributed by atoms with van der Waals surface area (Å²) in [5.41, 5.74) is 0.432. The fraction of sp³-hybridized carbons (Fsp3) is 0.118. The van der Waals surface area contributed by atoms with E-state index in [2.05, 4.69) is 4.74 Å². The minimum atomic E-state index is -2.96. The highest BCUT2D eigenvalue weighted by atomic mass is 19.3. The van der Waals surface area contributed by atoms with Crippen molar-refractivity contribution in [3.63, 3.8) is 0 Å². The van der Waals surface area contributed by atoms with Crippen LogP contribution in [0.4, 0.5) is 13.2 Å². The summed E-state index contributed by atoms with van der Waals surface area (Å²) in [6, 6.07) is 9.85. The maximum absolute atomic E-state index is 13.6. The molecule has 0 aliphatic rings. The molecule has 6 heteroatoms. The molecule has 0 radical (unpaired) electrons. The molecule has 0 unspecified atom stereocenters. The van der Waals surface area contributed by atoms with Crippen molar-refractivity contribution in [3.8, 4) is 11.5 Å². The Hall–Kier alpha value is -2.76. The molecule has 0 fully saturated rings. The molecule has 0 atom stereocenters. The number of ketones is 1. The lowest BCUT2D eigenvalue weighted by Gasteiger charge is -2.07. The van der Waals surface area contributed by atoms with Crippen molar-refractivity contribution in [2.45, 2.75) is 6.61 Å². The van der Waals surface area contributed by atoms with Crippen molar-refractivity contribution in [2.75, 3.05) is 7.11 Å². The van der Waals surface area contributed by atoms with Gasteiger partial charge in [-0.3, -0.25) is 4.79 Å². The van der Waals surface area contributed by atoms with Crippen LogP contribution in [-0.2, 0) is 0 Å². The third-order valence-corrected chi connectivity index (χ3v) is 2.99. The van der Waals surface area contributed by atoms with Gasteiger partial charge in [-0.15, -0.1) is 0 Å². The van der Waals surface area contributed by atoms with E-state index in [4.69, 9.17) is 4.74 Å². The highest BCUT2D eigenvalue weighted by Crippen LogP contribution is 2.22. The number of hydrogen-bond acceptors (Lipinski definition) is 3. The van der Waals surface area contributed by atoms with Crippen LogP contribution in [0.2, 0.25) is 0 Å². The van der Waals surface area contributed by atoms with Crippen molar-refractivity contribution in [3.05, 3.63) is 65.5 Å². The molecule has 2 aromatic rings. The van der Waals surface area contributed by atoms with E-state index in [9.17, 15) is 18.0 Å². The van der Waals surface area contributed by atoms with Crippen LogP contribution in [0.15, 0.2) is 48.5 Å². The zero-order chi connectivity index (χ0) is 16.8. The predicted molar refractivity (Wildman–Crippen MR) is 79.4 cm³/mol. The highest BCUT2D eigenvalue weighted by Gasteiger charge is 2.10. The summed E-state index contributed by atoms with van der Waals surface area (Å²) in [6.45, 7) is -2.96. The lowest BCUT2D eigenvalue weighted by atomic mass is 10.1. The summed E-state index contributed by atoms with van der Waals surface area (Å²) in [7, 11) is 1.32. The van der Waals surface area contributed by atoms with Gasteiger partial charge in [0.15, 0.2) is 17.3 Å². The molecule has 120 valence electrons. The van der Waals surface area contributed by atoms with Gasteiger partial charge in [-0.1, -0.05) is 18.2 Å². The van der Waals surface area contributed by atoms with E-state index >= 15 is 0 Å². The fourth-order valence-electron chi connectivity index (χ4n) is 1.90. The number of alkyl halides is 2. The topological polar surface area (TPSA) is 35.5 Å². The zero-order valence-electron chi connectivity index (χ0n) is 12.1. The summed E-state index contributed by atoms with van der Waals surface area (Å²) >= 11 is 0. The van der Waals surface area contributed by atoms with Gasteiger partial charge in [0.1, 0.15) is 5.75 Å². The molecular formula is C17H13F3O3. The lowest BCUT2D eigenvalue weighted by molar-refractivity contribution is -0.0499. The third-order valence-electron chi connectivity index (χ3n) is 2.99. The monoisotopic (exact) mass is 322 g/mol. The normalized spacial score (nSPS) is 11.0.